The summed E-state index contributed by atoms with van der Waals surface area (Å²) in [7, 11) is -3.21. The second-order valence-corrected chi connectivity index (χ2v) is 6.61. The van der Waals surface area contributed by atoms with Crippen molar-refractivity contribution in [3.05, 3.63) is 18.2 Å². The number of hydrogen-bond acceptors (Lipinski definition) is 4. The van der Waals surface area contributed by atoms with Gasteiger partial charge in [-0.15, -0.1) is 0 Å². The van der Waals surface area contributed by atoms with E-state index in [2.05, 4.69) is 4.90 Å². The highest BCUT2D eigenvalue weighted by Gasteiger charge is 2.33. The molecule has 0 aromatic heterocycles. The summed E-state index contributed by atoms with van der Waals surface area (Å²) in [5.74, 6) is 0.909. The van der Waals surface area contributed by atoms with Gasteiger partial charge in [-0.3, -0.25) is 4.31 Å². The van der Waals surface area contributed by atoms with Crippen LogP contribution >= 0.6 is 0 Å². The molecule has 0 atom stereocenters. The molecule has 18 heavy (non-hydrogen) atoms. The Morgan fingerprint density at radius 2 is 2.11 bits per heavy atom. The molecule has 1 aromatic rings. The van der Waals surface area contributed by atoms with Crippen LogP contribution in [0.5, 0.6) is 5.75 Å². The zero-order valence-electron chi connectivity index (χ0n) is 10.3. The van der Waals surface area contributed by atoms with E-state index in [9.17, 15) is 8.42 Å². The molecule has 98 valence electrons. The number of ether oxygens (including phenoxy) is 1. The first-order valence-corrected chi connectivity index (χ1v) is 7.75. The molecule has 0 amide bonds. The number of sulfonamides is 1. The normalized spacial score (nSPS) is 18.3. The van der Waals surface area contributed by atoms with Crippen LogP contribution in [0.25, 0.3) is 0 Å². The second-order valence-electron chi connectivity index (χ2n) is 4.43. The van der Waals surface area contributed by atoms with E-state index >= 15 is 0 Å². The Morgan fingerprint density at radius 1 is 1.28 bits per heavy atom. The van der Waals surface area contributed by atoms with E-state index in [0.717, 1.165) is 30.2 Å². The minimum atomic E-state index is -3.21. The monoisotopic (exact) mass is 268 g/mol. The van der Waals surface area contributed by atoms with Crippen molar-refractivity contribution in [1.29, 1.82) is 0 Å². The van der Waals surface area contributed by atoms with E-state index in [1.54, 1.807) is 6.92 Å². The summed E-state index contributed by atoms with van der Waals surface area (Å²) in [5.41, 5.74) is 1.67. The van der Waals surface area contributed by atoms with E-state index in [1.165, 1.54) is 4.31 Å². The maximum atomic E-state index is 12.1. The van der Waals surface area contributed by atoms with Crippen molar-refractivity contribution < 1.29 is 13.2 Å². The largest absolute Gasteiger partial charge is 0.489 e. The van der Waals surface area contributed by atoms with Gasteiger partial charge >= 0.3 is 0 Å². The zero-order valence-corrected chi connectivity index (χ0v) is 11.1. The first kappa shape index (κ1) is 11.6. The molecule has 0 aliphatic carbocycles. The van der Waals surface area contributed by atoms with Crippen molar-refractivity contribution in [2.24, 2.45) is 0 Å². The Bertz CT molecular complexity index is 571. The van der Waals surface area contributed by atoms with Crippen molar-refractivity contribution in [3.63, 3.8) is 0 Å². The van der Waals surface area contributed by atoms with Crippen LogP contribution in [0.3, 0.4) is 0 Å². The van der Waals surface area contributed by atoms with E-state index in [0.29, 0.717) is 13.2 Å². The highest BCUT2D eigenvalue weighted by molar-refractivity contribution is 7.92. The summed E-state index contributed by atoms with van der Waals surface area (Å²) in [5, 5.41) is 0. The average Bonchev–Trinajstić information content (AvgIpc) is 2.39. The molecule has 0 radical (unpaired) electrons. The van der Waals surface area contributed by atoms with Crippen molar-refractivity contribution in [1.82, 2.24) is 0 Å². The summed E-state index contributed by atoms with van der Waals surface area (Å²) in [6.07, 6.45) is 0. The summed E-state index contributed by atoms with van der Waals surface area (Å²) >= 11 is 0. The highest BCUT2D eigenvalue weighted by Crippen LogP contribution is 2.43. The third-order valence-electron chi connectivity index (χ3n) is 3.45. The van der Waals surface area contributed by atoms with Crippen LogP contribution < -0.4 is 13.9 Å². The van der Waals surface area contributed by atoms with Gasteiger partial charge in [0, 0.05) is 6.54 Å². The molecule has 0 N–H and O–H groups in total. The third kappa shape index (κ3) is 1.63. The molecule has 2 aliphatic heterocycles. The third-order valence-corrected chi connectivity index (χ3v) is 5.24. The van der Waals surface area contributed by atoms with Crippen LogP contribution in [0.4, 0.5) is 11.4 Å². The van der Waals surface area contributed by atoms with Gasteiger partial charge in [-0.1, -0.05) is 6.07 Å². The highest BCUT2D eigenvalue weighted by atomic mass is 32.2. The van der Waals surface area contributed by atoms with E-state index in [1.807, 2.05) is 18.2 Å². The molecule has 1 aromatic carbocycles. The fraction of sp³-hybridized carbons (Fsp3) is 0.500. The molecule has 6 heteroatoms. The Labute approximate surface area is 107 Å². The molecular weight excluding hydrogens is 252 g/mol. The summed E-state index contributed by atoms with van der Waals surface area (Å²) in [6, 6.07) is 5.60. The SMILES string of the molecule is CCS(=O)(=O)N1CCN2CCOc3cccc1c32. The molecule has 0 spiro atoms. The van der Waals surface area contributed by atoms with Gasteiger partial charge < -0.3 is 9.64 Å². The summed E-state index contributed by atoms with van der Waals surface area (Å²) < 4.78 is 31.3. The number of benzene rings is 1. The van der Waals surface area contributed by atoms with Crippen molar-refractivity contribution >= 4 is 21.4 Å². The fourth-order valence-corrected chi connectivity index (χ4v) is 3.64. The Balaban J connectivity index is 2.15. The molecule has 5 nitrogen and oxygen atoms in total. The molecule has 3 rings (SSSR count). The van der Waals surface area contributed by atoms with Crippen LogP contribution in [-0.4, -0.2) is 40.4 Å². The second kappa shape index (κ2) is 4.05. The van der Waals surface area contributed by atoms with E-state index in [-0.39, 0.29) is 5.75 Å². The summed E-state index contributed by atoms with van der Waals surface area (Å²) in [6.45, 7) is 4.41. The predicted octanol–water partition coefficient (Wildman–Crippen LogP) is 1.06. The van der Waals surface area contributed by atoms with Crippen molar-refractivity contribution in [2.75, 3.05) is 41.2 Å². The van der Waals surface area contributed by atoms with Gasteiger partial charge in [0.05, 0.1) is 24.5 Å². The Hall–Kier alpha value is -1.43. The molecule has 2 aliphatic rings. The van der Waals surface area contributed by atoms with Crippen LogP contribution in [0.15, 0.2) is 18.2 Å². The van der Waals surface area contributed by atoms with E-state index < -0.39 is 10.0 Å². The maximum absolute atomic E-state index is 12.1. The number of para-hydroxylation sites is 1. The number of nitrogens with zero attached hydrogens (tertiary/aromatic N) is 2. The quantitative estimate of drug-likeness (QED) is 0.804. The molecule has 0 saturated carbocycles. The van der Waals surface area contributed by atoms with Gasteiger partial charge in [-0.05, 0) is 19.1 Å². The van der Waals surface area contributed by atoms with Crippen LogP contribution in [0.1, 0.15) is 6.92 Å². The molecule has 0 unspecified atom stereocenters. The molecular formula is C12H16N2O3S. The number of anilines is 2. The average molecular weight is 268 g/mol. The van der Waals surface area contributed by atoms with Gasteiger partial charge in [0.2, 0.25) is 10.0 Å². The molecule has 0 bridgehead atoms. The lowest BCUT2D eigenvalue weighted by Crippen LogP contribution is -2.47. The van der Waals surface area contributed by atoms with Crippen molar-refractivity contribution in [2.45, 2.75) is 6.92 Å². The van der Waals surface area contributed by atoms with Gasteiger partial charge in [-0.2, -0.15) is 0 Å². The van der Waals surface area contributed by atoms with Crippen molar-refractivity contribution in [3.8, 4) is 5.75 Å². The minimum Gasteiger partial charge on any atom is -0.489 e. The molecule has 0 fully saturated rings. The Morgan fingerprint density at radius 3 is 2.89 bits per heavy atom. The van der Waals surface area contributed by atoms with Gasteiger partial charge in [0.1, 0.15) is 18.0 Å². The summed E-state index contributed by atoms with van der Waals surface area (Å²) in [4.78, 5) is 2.20. The van der Waals surface area contributed by atoms with Crippen LogP contribution in [0, 0.1) is 0 Å². The lowest BCUT2D eigenvalue weighted by molar-refractivity contribution is 0.307. The van der Waals surface area contributed by atoms with Gasteiger partial charge in [0.15, 0.2) is 0 Å². The van der Waals surface area contributed by atoms with Gasteiger partial charge in [0.25, 0.3) is 0 Å². The van der Waals surface area contributed by atoms with Crippen LogP contribution in [-0.2, 0) is 10.0 Å². The molecule has 2 heterocycles. The molecule has 0 saturated heterocycles. The number of hydrogen-bond donors (Lipinski definition) is 0. The minimum absolute atomic E-state index is 0.123. The lowest BCUT2D eigenvalue weighted by Gasteiger charge is -2.41. The fourth-order valence-electron chi connectivity index (χ4n) is 2.52. The first-order chi connectivity index (χ1) is 8.63. The number of rotatable bonds is 2. The van der Waals surface area contributed by atoms with Gasteiger partial charge in [-0.25, -0.2) is 8.42 Å². The zero-order chi connectivity index (χ0) is 12.8. The topological polar surface area (TPSA) is 49.9 Å². The maximum Gasteiger partial charge on any atom is 0.235 e. The van der Waals surface area contributed by atoms with E-state index in [4.69, 9.17) is 4.74 Å². The lowest BCUT2D eigenvalue weighted by atomic mass is 10.1. The first-order valence-electron chi connectivity index (χ1n) is 6.14. The smallest absolute Gasteiger partial charge is 0.235 e. The predicted molar refractivity (Wildman–Crippen MR) is 71.0 cm³/mol. The standard InChI is InChI=1S/C12H16N2O3S/c1-2-18(15,16)14-7-6-13-8-9-17-11-5-3-4-10(14)12(11)13/h3-5H,2,6-9H2,1H3. The Kier molecular flexibility index (Phi) is 2.62. The van der Waals surface area contributed by atoms with Crippen LogP contribution in [0.2, 0.25) is 0 Å².